The zero-order chi connectivity index (χ0) is 19.6. The van der Waals surface area contributed by atoms with E-state index in [0.29, 0.717) is 27.6 Å². The van der Waals surface area contributed by atoms with Gasteiger partial charge < -0.3 is 4.52 Å². The molecule has 1 aromatic heterocycles. The lowest BCUT2D eigenvalue weighted by Gasteiger charge is -2.22. The van der Waals surface area contributed by atoms with Crippen molar-refractivity contribution < 1.29 is 17.3 Å². The predicted octanol–water partition coefficient (Wildman–Crippen LogP) is 4.48. The largest absolute Gasteiger partial charge is 0.361 e. The van der Waals surface area contributed by atoms with Gasteiger partial charge in [-0.25, -0.2) is 12.8 Å². The molecule has 0 amide bonds. The van der Waals surface area contributed by atoms with E-state index in [1.54, 1.807) is 38.1 Å². The Labute approximate surface area is 162 Å². The molecule has 0 N–H and O–H groups in total. The maximum Gasteiger partial charge on any atom is 0.243 e. The molecule has 1 heterocycles. The van der Waals surface area contributed by atoms with Crippen LogP contribution in [0.2, 0.25) is 5.02 Å². The molecular formula is C19H18ClFN2O3S. The minimum absolute atomic E-state index is 0.0686. The first kappa shape index (κ1) is 19.5. The lowest BCUT2D eigenvalue weighted by Crippen LogP contribution is -2.30. The van der Waals surface area contributed by atoms with Crippen molar-refractivity contribution in [2.24, 2.45) is 0 Å². The van der Waals surface area contributed by atoms with Gasteiger partial charge in [0.25, 0.3) is 0 Å². The summed E-state index contributed by atoms with van der Waals surface area (Å²) in [4.78, 5) is 0.0869. The van der Waals surface area contributed by atoms with Crippen LogP contribution in [0.1, 0.15) is 22.6 Å². The second kappa shape index (κ2) is 7.80. The number of rotatable bonds is 6. The molecule has 0 spiro atoms. The van der Waals surface area contributed by atoms with Crippen molar-refractivity contribution in [3.8, 4) is 0 Å². The molecule has 0 saturated heterocycles. The number of sulfonamides is 1. The third-order valence-corrected chi connectivity index (χ3v) is 6.24. The van der Waals surface area contributed by atoms with E-state index in [0.717, 1.165) is 0 Å². The second-order valence-corrected chi connectivity index (χ2v) is 8.53. The van der Waals surface area contributed by atoms with Gasteiger partial charge in [-0.3, -0.25) is 0 Å². The van der Waals surface area contributed by atoms with Crippen molar-refractivity contribution in [3.05, 3.63) is 82.0 Å². The molecule has 2 aromatic carbocycles. The molecule has 0 saturated carbocycles. The average Bonchev–Trinajstić information content (AvgIpc) is 2.94. The molecule has 142 valence electrons. The van der Waals surface area contributed by atoms with Crippen molar-refractivity contribution in [3.63, 3.8) is 0 Å². The number of nitrogens with zero attached hydrogens (tertiary/aromatic N) is 2. The Balaban J connectivity index is 2.01. The zero-order valence-electron chi connectivity index (χ0n) is 14.8. The summed E-state index contributed by atoms with van der Waals surface area (Å²) < 4.78 is 46.2. The van der Waals surface area contributed by atoms with Gasteiger partial charge in [0.15, 0.2) is 0 Å². The Morgan fingerprint density at radius 2 is 1.81 bits per heavy atom. The maximum atomic E-state index is 13.2. The lowest BCUT2D eigenvalue weighted by molar-refractivity contribution is 0.381. The SMILES string of the molecule is Cc1noc(C)c1CN(Cc1ccc(F)cc1)S(=O)(=O)c1cccc(Cl)c1. The molecule has 0 fully saturated rings. The Kier molecular flexibility index (Phi) is 5.64. The van der Waals surface area contributed by atoms with Crippen LogP contribution in [0, 0.1) is 19.7 Å². The van der Waals surface area contributed by atoms with E-state index in [2.05, 4.69) is 5.16 Å². The highest BCUT2D eigenvalue weighted by Crippen LogP contribution is 2.25. The van der Waals surface area contributed by atoms with E-state index in [4.69, 9.17) is 16.1 Å². The van der Waals surface area contributed by atoms with Gasteiger partial charge in [0.05, 0.1) is 10.6 Å². The van der Waals surface area contributed by atoms with E-state index in [-0.39, 0.29) is 23.8 Å². The minimum atomic E-state index is -3.86. The van der Waals surface area contributed by atoms with Crippen molar-refractivity contribution in [2.75, 3.05) is 0 Å². The summed E-state index contributed by atoms with van der Waals surface area (Å²) in [5, 5.41) is 4.22. The summed E-state index contributed by atoms with van der Waals surface area (Å²) in [6.07, 6.45) is 0. The topological polar surface area (TPSA) is 63.4 Å². The first-order valence-corrected chi connectivity index (χ1v) is 10.0. The van der Waals surface area contributed by atoms with Crippen LogP contribution in [0.5, 0.6) is 0 Å². The zero-order valence-corrected chi connectivity index (χ0v) is 16.4. The van der Waals surface area contributed by atoms with E-state index >= 15 is 0 Å². The number of benzene rings is 2. The van der Waals surface area contributed by atoms with Gasteiger partial charge in [0, 0.05) is 23.7 Å². The van der Waals surface area contributed by atoms with Gasteiger partial charge in [-0.05, 0) is 49.7 Å². The van der Waals surface area contributed by atoms with Crippen LogP contribution in [0.4, 0.5) is 4.39 Å². The first-order valence-electron chi connectivity index (χ1n) is 8.19. The number of hydrogen-bond donors (Lipinski definition) is 0. The smallest absolute Gasteiger partial charge is 0.243 e. The van der Waals surface area contributed by atoms with Gasteiger partial charge in [-0.1, -0.05) is 35.0 Å². The minimum Gasteiger partial charge on any atom is -0.361 e. The monoisotopic (exact) mass is 408 g/mol. The van der Waals surface area contributed by atoms with Crippen LogP contribution >= 0.6 is 11.6 Å². The van der Waals surface area contributed by atoms with Crippen LogP contribution in [-0.2, 0) is 23.1 Å². The average molecular weight is 409 g/mol. The van der Waals surface area contributed by atoms with E-state index in [1.807, 2.05) is 0 Å². The summed E-state index contributed by atoms with van der Waals surface area (Å²) in [6, 6.07) is 11.8. The van der Waals surface area contributed by atoms with Crippen molar-refractivity contribution >= 4 is 21.6 Å². The molecule has 0 aliphatic rings. The molecule has 0 atom stereocenters. The fourth-order valence-electron chi connectivity index (χ4n) is 2.70. The summed E-state index contributed by atoms with van der Waals surface area (Å²) in [5.74, 6) is 0.173. The van der Waals surface area contributed by atoms with Gasteiger partial charge >= 0.3 is 0 Å². The third-order valence-electron chi connectivity index (χ3n) is 4.22. The molecule has 0 aliphatic heterocycles. The highest BCUT2D eigenvalue weighted by atomic mass is 35.5. The van der Waals surface area contributed by atoms with Crippen molar-refractivity contribution in [1.29, 1.82) is 0 Å². The standard InChI is InChI=1S/C19H18ClFN2O3S/c1-13-19(14(2)26-22-13)12-23(11-15-6-8-17(21)9-7-15)27(24,25)18-5-3-4-16(20)10-18/h3-10H,11-12H2,1-2H3. The first-order chi connectivity index (χ1) is 12.8. The lowest BCUT2D eigenvalue weighted by atomic mass is 10.2. The molecule has 0 aliphatic carbocycles. The van der Waals surface area contributed by atoms with Crippen LogP contribution in [0.15, 0.2) is 57.9 Å². The quantitative estimate of drug-likeness (QED) is 0.603. The second-order valence-electron chi connectivity index (χ2n) is 6.16. The summed E-state index contributed by atoms with van der Waals surface area (Å²) in [5.41, 5.74) is 1.98. The summed E-state index contributed by atoms with van der Waals surface area (Å²) >= 11 is 5.98. The normalized spacial score (nSPS) is 11.9. The highest BCUT2D eigenvalue weighted by Gasteiger charge is 2.27. The number of aryl methyl sites for hydroxylation is 2. The highest BCUT2D eigenvalue weighted by molar-refractivity contribution is 7.89. The molecule has 3 rings (SSSR count). The van der Waals surface area contributed by atoms with E-state index in [9.17, 15) is 12.8 Å². The maximum absolute atomic E-state index is 13.2. The summed E-state index contributed by atoms with van der Waals surface area (Å²) in [6.45, 7) is 3.64. The molecular weight excluding hydrogens is 391 g/mol. The Hall–Kier alpha value is -2.22. The Morgan fingerprint density at radius 3 is 2.41 bits per heavy atom. The van der Waals surface area contributed by atoms with Crippen LogP contribution < -0.4 is 0 Å². The Morgan fingerprint density at radius 1 is 1.11 bits per heavy atom. The molecule has 0 unspecified atom stereocenters. The van der Waals surface area contributed by atoms with Gasteiger partial charge in [-0.15, -0.1) is 0 Å². The van der Waals surface area contributed by atoms with Crippen LogP contribution in [0.3, 0.4) is 0 Å². The molecule has 8 heteroatoms. The van der Waals surface area contributed by atoms with Crippen molar-refractivity contribution in [1.82, 2.24) is 9.46 Å². The number of hydrogen-bond acceptors (Lipinski definition) is 4. The molecule has 3 aromatic rings. The molecule has 0 bridgehead atoms. The fraction of sp³-hybridized carbons (Fsp3) is 0.211. The van der Waals surface area contributed by atoms with E-state index in [1.165, 1.54) is 28.6 Å². The predicted molar refractivity (Wildman–Crippen MR) is 100 cm³/mol. The molecule has 5 nitrogen and oxygen atoms in total. The third kappa shape index (κ3) is 4.37. The van der Waals surface area contributed by atoms with E-state index < -0.39 is 10.0 Å². The number of halogens is 2. The fourth-order valence-corrected chi connectivity index (χ4v) is 4.40. The van der Waals surface area contributed by atoms with Crippen LogP contribution in [-0.4, -0.2) is 17.9 Å². The van der Waals surface area contributed by atoms with Gasteiger partial charge in [0.2, 0.25) is 10.0 Å². The molecule has 0 radical (unpaired) electrons. The van der Waals surface area contributed by atoms with Gasteiger partial charge in [-0.2, -0.15) is 4.31 Å². The van der Waals surface area contributed by atoms with Gasteiger partial charge in [0.1, 0.15) is 11.6 Å². The van der Waals surface area contributed by atoms with Crippen molar-refractivity contribution in [2.45, 2.75) is 31.8 Å². The Bertz CT molecular complexity index is 1030. The number of aromatic nitrogens is 1. The van der Waals surface area contributed by atoms with Crippen LogP contribution in [0.25, 0.3) is 0 Å². The molecule has 27 heavy (non-hydrogen) atoms. The summed E-state index contributed by atoms with van der Waals surface area (Å²) in [7, 11) is -3.86.